The van der Waals surface area contributed by atoms with Crippen LogP contribution in [0, 0.1) is 5.82 Å². The molecule has 150 valence electrons. The molecule has 30 heavy (non-hydrogen) atoms. The molecule has 4 rings (SSSR count). The predicted molar refractivity (Wildman–Crippen MR) is 106 cm³/mol. The lowest BCUT2D eigenvalue weighted by Crippen LogP contribution is -2.09. The van der Waals surface area contributed by atoms with E-state index in [9.17, 15) is 9.18 Å². The zero-order valence-corrected chi connectivity index (χ0v) is 16.0. The van der Waals surface area contributed by atoms with Gasteiger partial charge in [0.05, 0.1) is 5.56 Å². The van der Waals surface area contributed by atoms with E-state index in [2.05, 4.69) is 10.2 Å². The Morgan fingerprint density at radius 1 is 0.900 bits per heavy atom. The number of halogens is 1. The van der Waals surface area contributed by atoms with Gasteiger partial charge in [0.25, 0.3) is 5.89 Å². The monoisotopic (exact) mass is 404 g/mol. The van der Waals surface area contributed by atoms with Crippen molar-refractivity contribution in [3.8, 4) is 23.0 Å². The summed E-state index contributed by atoms with van der Waals surface area (Å²) in [6, 6.07) is 21.4. The van der Waals surface area contributed by atoms with Crippen LogP contribution in [0.15, 0.2) is 83.3 Å². The molecule has 0 aliphatic rings. The van der Waals surface area contributed by atoms with E-state index in [1.54, 1.807) is 31.2 Å². The topological polar surface area (TPSA) is 74.5 Å². The zero-order chi connectivity index (χ0) is 20.9. The van der Waals surface area contributed by atoms with Crippen LogP contribution in [0.3, 0.4) is 0 Å². The Morgan fingerprint density at radius 3 is 2.20 bits per heavy atom. The van der Waals surface area contributed by atoms with Gasteiger partial charge in [-0.3, -0.25) is 0 Å². The van der Waals surface area contributed by atoms with Gasteiger partial charge in [0.15, 0.2) is 6.10 Å². The van der Waals surface area contributed by atoms with E-state index in [4.69, 9.17) is 13.9 Å². The number of carbonyl (C=O) groups excluding carboxylic acids is 1. The summed E-state index contributed by atoms with van der Waals surface area (Å²) in [5.74, 6) is 0.692. The van der Waals surface area contributed by atoms with Gasteiger partial charge in [0.1, 0.15) is 17.3 Å². The maximum atomic E-state index is 13.0. The summed E-state index contributed by atoms with van der Waals surface area (Å²) < 4.78 is 29.6. The molecule has 0 spiro atoms. The molecule has 1 aromatic heterocycles. The normalized spacial score (nSPS) is 11.7. The van der Waals surface area contributed by atoms with Gasteiger partial charge in [-0.25, -0.2) is 9.18 Å². The molecule has 1 heterocycles. The molecule has 0 fully saturated rings. The van der Waals surface area contributed by atoms with E-state index in [0.29, 0.717) is 23.0 Å². The molecule has 0 saturated carbocycles. The SMILES string of the molecule is CC(OC(=O)c1ccc(Oc2ccc(F)cc2)cc1)c1nnc(-c2ccccc2)o1. The Bertz CT molecular complexity index is 1130. The molecular formula is C23H17FN2O4. The first-order valence-corrected chi connectivity index (χ1v) is 9.22. The van der Waals surface area contributed by atoms with E-state index in [1.807, 2.05) is 30.3 Å². The van der Waals surface area contributed by atoms with Crippen molar-refractivity contribution in [1.29, 1.82) is 0 Å². The minimum atomic E-state index is -0.711. The second-order valence-electron chi connectivity index (χ2n) is 6.44. The molecular weight excluding hydrogens is 387 g/mol. The fourth-order valence-corrected chi connectivity index (χ4v) is 2.67. The van der Waals surface area contributed by atoms with Crippen LogP contribution in [-0.4, -0.2) is 16.2 Å². The fraction of sp³-hybridized carbons (Fsp3) is 0.0870. The summed E-state index contributed by atoms with van der Waals surface area (Å²) in [6.45, 7) is 1.66. The van der Waals surface area contributed by atoms with Crippen molar-refractivity contribution in [3.05, 3.63) is 96.1 Å². The van der Waals surface area contributed by atoms with Crippen LogP contribution in [0.2, 0.25) is 0 Å². The molecule has 0 radical (unpaired) electrons. The van der Waals surface area contributed by atoms with Crippen LogP contribution in [-0.2, 0) is 4.74 Å². The van der Waals surface area contributed by atoms with Crippen molar-refractivity contribution in [1.82, 2.24) is 10.2 Å². The fourth-order valence-electron chi connectivity index (χ4n) is 2.67. The number of benzene rings is 3. The molecule has 1 atom stereocenters. The summed E-state index contributed by atoms with van der Waals surface area (Å²) >= 11 is 0. The average Bonchev–Trinajstić information content (AvgIpc) is 3.27. The standard InChI is InChI=1S/C23H17FN2O4/c1-15(21-25-26-22(30-21)16-5-3-2-4-6-16)28-23(27)17-7-11-19(12-8-17)29-20-13-9-18(24)10-14-20/h2-15H,1H3. The second kappa shape index (κ2) is 8.57. The third-order valence-electron chi connectivity index (χ3n) is 4.23. The van der Waals surface area contributed by atoms with Gasteiger partial charge >= 0.3 is 5.97 Å². The van der Waals surface area contributed by atoms with Crippen molar-refractivity contribution in [2.45, 2.75) is 13.0 Å². The number of rotatable bonds is 6. The van der Waals surface area contributed by atoms with E-state index in [1.165, 1.54) is 24.3 Å². The maximum Gasteiger partial charge on any atom is 0.338 e. The molecule has 0 saturated heterocycles. The molecule has 6 nitrogen and oxygen atoms in total. The van der Waals surface area contributed by atoms with Crippen LogP contribution in [0.25, 0.3) is 11.5 Å². The lowest BCUT2D eigenvalue weighted by atomic mass is 10.2. The van der Waals surface area contributed by atoms with E-state index >= 15 is 0 Å². The lowest BCUT2D eigenvalue weighted by Gasteiger charge is -2.10. The van der Waals surface area contributed by atoms with Crippen molar-refractivity contribution in [3.63, 3.8) is 0 Å². The molecule has 0 bridgehead atoms. The Labute approximate surface area is 171 Å². The van der Waals surface area contributed by atoms with Gasteiger partial charge in [-0.05, 0) is 67.6 Å². The Morgan fingerprint density at radius 2 is 1.53 bits per heavy atom. The highest BCUT2D eigenvalue weighted by molar-refractivity contribution is 5.89. The quantitative estimate of drug-likeness (QED) is 0.390. The van der Waals surface area contributed by atoms with Crippen molar-refractivity contribution >= 4 is 5.97 Å². The lowest BCUT2D eigenvalue weighted by molar-refractivity contribution is 0.0280. The maximum absolute atomic E-state index is 13.0. The zero-order valence-electron chi connectivity index (χ0n) is 16.0. The largest absolute Gasteiger partial charge is 0.457 e. The van der Waals surface area contributed by atoms with E-state index in [0.717, 1.165) is 5.56 Å². The van der Waals surface area contributed by atoms with Gasteiger partial charge in [0.2, 0.25) is 5.89 Å². The highest BCUT2D eigenvalue weighted by Gasteiger charge is 2.20. The number of hydrogen-bond donors (Lipinski definition) is 0. The Kier molecular flexibility index (Phi) is 5.52. The molecule has 7 heteroatoms. The van der Waals surface area contributed by atoms with Crippen molar-refractivity contribution in [2.75, 3.05) is 0 Å². The number of hydrogen-bond acceptors (Lipinski definition) is 6. The number of ether oxygens (including phenoxy) is 2. The third kappa shape index (κ3) is 4.52. The summed E-state index contributed by atoms with van der Waals surface area (Å²) in [4.78, 5) is 12.4. The third-order valence-corrected chi connectivity index (χ3v) is 4.23. The summed E-state index contributed by atoms with van der Waals surface area (Å²) in [7, 11) is 0. The van der Waals surface area contributed by atoms with Crippen LogP contribution in [0.5, 0.6) is 11.5 Å². The molecule has 0 N–H and O–H groups in total. The Hall–Kier alpha value is -4.00. The number of carbonyl (C=O) groups is 1. The summed E-state index contributed by atoms with van der Waals surface area (Å²) in [6.07, 6.45) is -0.711. The van der Waals surface area contributed by atoms with Crippen LogP contribution < -0.4 is 4.74 Å². The van der Waals surface area contributed by atoms with Crippen molar-refractivity contribution in [2.24, 2.45) is 0 Å². The summed E-state index contributed by atoms with van der Waals surface area (Å²) in [5, 5.41) is 7.96. The molecule has 3 aromatic carbocycles. The van der Waals surface area contributed by atoms with Crippen LogP contribution in [0.4, 0.5) is 4.39 Å². The highest BCUT2D eigenvalue weighted by atomic mass is 19.1. The van der Waals surface area contributed by atoms with Crippen molar-refractivity contribution < 1.29 is 23.1 Å². The van der Waals surface area contributed by atoms with Crippen LogP contribution >= 0.6 is 0 Å². The minimum Gasteiger partial charge on any atom is -0.457 e. The molecule has 1 unspecified atom stereocenters. The first kappa shape index (κ1) is 19.3. The minimum absolute atomic E-state index is 0.207. The number of aromatic nitrogens is 2. The molecule has 0 amide bonds. The van der Waals surface area contributed by atoms with E-state index < -0.39 is 12.1 Å². The number of esters is 1. The van der Waals surface area contributed by atoms with Crippen LogP contribution in [0.1, 0.15) is 29.3 Å². The highest BCUT2D eigenvalue weighted by Crippen LogP contribution is 2.25. The van der Waals surface area contributed by atoms with Gasteiger partial charge in [-0.2, -0.15) is 0 Å². The van der Waals surface area contributed by atoms with E-state index in [-0.39, 0.29) is 11.7 Å². The Balaban J connectivity index is 1.38. The molecule has 4 aromatic rings. The number of nitrogens with zero attached hydrogens (tertiary/aromatic N) is 2. The van der Waals surface area contributed by atoms with Gasteiger partial charge in [0, 0.05) is 5.56 Å². The average molecular weight is 404 g/mol. The molecule has 0 aliphatic heterocycles. The first-order valence-electron chi connectivity index (χ1n) is 9.22. The van der Waals surface area contributed by atoms with Gasteiger partial charge in [-0.15, -0.1) is 10.2 Å². The molecule has 0 aliphatic carbocycles. The predicted octanol–water partition coefficient (Wildman–Crippen LogP) is 5.59. The smallest absolute Gasteiger partial charge is 0.338 e. The van der Waals surface area contributed by atoms with Gasteiger partial charge in [-0.1, -0.05) is 18.2 Å². The first-order chi connectivity index (χ1) is 14.6. The second-order valence-corrected chi connectivity index (χ2v) is 6.44. The van der Waals surface area contributed by atoms with Gasteiger partial charge < -0.3 is 13.9 Å². The summed E-state index contributed by atoms with van der Waals surface area (Å²) in [5.41, 5.74) is 1.13.